The highest BCUT2D eigenvalue weighted by molar-refractivity contribution is 6.91. The van der Waals surface area contributed by atoms with Gasteiger partial charge in [0.2, 0.25) is 0 Å². The van der Waals surface area contributed by atoms with Crippen molar-refractivity contribution < 1.29 is 52.9 Å². The standard InChI is InChI=1S/C18H44O6Si3.C13H28O3Si4.C7H24O3Si4/c1-17(20)15-21-11-9-13-26(4,5)24-27(6,7)23-18(14-19)16-22-10-8-12-25(2)3;1-17(2)14-19(5,6)16-20(7,15-18(3)4)13-11-9-8-10-12-13;1-11(2)8-13(5)10-14(6,7)9-12(3)4/h17-20,25H,8-16H2,1-7H3;8-12,17-18H,1-7H3;11-13H,1-7H3. The van der Waals surface area contributed by atoms with Crippen molar-refractivity contribution in [3.63, 3.8) is 0 Å². The van der Waals surface area contributed by atoms with Gasteiger partial charge in [0.1, 0.15) is 0 Å². The third-order valence-electron chi connectivity index (χ3n) is 8.13. The maximum absolute atomic E-state index is 9.62. The molecule has 1 rings (SSSR count). The lowest BCUT2D eigenvalue weighted by atomic mass is 10.4. The molecule has 0 saturated carbocycles. The van der Waals surface area contributed by atoms with Gasteiger partial charge in [0, 0.05) is 22.0 Å². The Kier molecular flexibility index (Phi) is 34.5. The van der Waals surface area contributed by atoms with Crippen LogP contribution in [0, 0.1) is 0 Å². The van der Waals surface area contributed by atoms with Crippen LogP contribution in [0.3, 0.4) is 0 Å². The van der Waals surface area contributed by atoms with Gasteiger partial charge in [-0.25, -0.2) is 0 Å². The first-order chi connectivity index (χ1) is 27.8. The molecule has 0 aliphatic carbocycles. The zero-order valence-electron chi connectivity index (χ0n) is 42.8. The molecular formula is C38H96O12Si11. The SMILES string of the molecule is CC(O)COCCC[Si](C)(C)O[Si](C)(C)OC(CO)COCCC[SiH](C)C.C[SiH](C)O[SiH](C)O[Si](C)(C)O[SiH](C)C.C[SiH](C)O[Si](C)(C)O[Si](C)(O[SiH](C)C)c1ccccc1. The largest absolute Gasteiger partial charge is 0.442 e. The third-order valence-corrected chi connectivity index (χ3v) is 40.5. The molecule has 12 nitrogen and oxygen atoms in total. The quantitative estimate of drug-likeness (QED) is 0.0597. The Bertz CT molecular complexity index is 1220. The first-order valence-corrected chi connectivity index (χ1v) is 53.0. The van der Waals surface area contributed by atoms with E-state index in [4.69, 9.17) is 42.7 Å². The maximum atomic E-state index is 9.62. The number of ether oxygens (including phenoxy) is 2. The van der Waals surface area contributed by atoms with E-state index in [1.54, 1.807) is 6.92 Å². The molecule has 1 aromatic rings. The molecule has 23 heteroatoms. The van der Waals surface area contributed by atoms with Crippen LogP contribution in [-0.2, 0) is 42.7 Å². The molecule has 0 bridgehead atoms. The molecule has 0 saturated heterocycles. The summed E-state index contributed by atoms with van der Waals surface area (Å²) in [5.74, 6) is 0. The molecule has 4 atom stereocenters. The fourth-order valence-electron chi connectivity index (χ4n) is 6.74. The van der Waals surface area contributed by atoms with Crippen molar-refractivity contribution in [1.82, 2.24) is 0 Å². The summed E-state index contributed by atoms with van der Waals surface area (Å²) < 4.78 is 60.4. The Morgan fingerprint density at radius 1 is 0.590 bits per heavy atom. The monoisotopic (exact) mass is 1050 g/mol. The van der Waals surface area contributed by atoms with Crippen molar-refractivity contribution in [3.05, 3.63) is 30.3 Å². The van der Waals surface area contributed by atoms with Gasteiger partial charge in [0.05, 0.1) is 32.0 Å². The van der Waals surface area contributed by atoms with E-state index in [2.05, 4.69) is 142 Å². The van der Waals surface area contributed by atoms with Gasteiger partial charge >= 0.3 is 34.2 Å². The number of hydrogen-bond acceptors (Lipinski definition) is 12. The van der Waals surface area contributed by atoms with Crippen molar-refractivity contribution >= 4 is 102 Å². The predicted octanol–water partition coefficient (Wildman–Crippen LogP) is 7.21. The molecule has 1 aromatic carbocycles. The lowest BCUT2D eigenvalue weighted by Crippen LogP contribution is -2.60. The summed E-state index contributed by atoms with van der Waals surface area (Å²) in [4.78, 5) is 0. The second-order valence-electron chi connectivity index (χ2n) is 19.4. The topological polar surface area (TPSA) is 133 Å². The summed E-state index contributed by atoms with van der Waals surface area (Å²) >= 11 is 0. The van der Waals surface area contributed by atoms with E-state index in [-0.39, 0.29) is 12.7 Å². The highest BCUT2D eigenvalue weighted by Gasteiger charge is 2.43. The van der Waals surface area contributed by atoms with Gasteiger partial charge < -0.3 is 52.9 Å². The first kappa shape index (κ1) is 64.2. The van der Waals surface area contributed by atoms with Crippen LogP contribution >= 0.6 is 0 Å². The third kappa shape index (κ3) is 37.9. The van der Waals surface area contributed by atoms with Crippen LogP contribution < -0.4 is 5.19 Å². The van der Waals surface area contributed by atoms with E-state index >= 15 is 0 Å². The van der Waals surface area contributed by atoms with Crippen molar-refractivity contribution in [2.75, 3.05) is 33.0 Å². The Morgan fingerprint density at radius 3 is 1.57 bits per heavy atom. The number of rotatable bonds is 30. The van der Waals surface area contributed by atoms with E-state index in [9.17, 15) is 10.2 Å². The fraction of sp³-hybridized carbons (Fsp3) is 0.842. The van der Waals surface area contributed by atoms with Crippen LogP contribution in [0.1, 0.15) is 19.8 Å². The van der Waals surface area contributed by atoms with Crippen LogP contribution in [0.15, 0.2) is 30.3 Å². The molecule has 0 spiro atoms. The Hall–Kier alpha value is 1.13. The van der Waals surface area contributed by atoms with Crippen molar-refractivity contribution in [1.29, 1.82) is 0 Å². The lowest BCUT2D eigenvalue weighted by molar-refractivity contribution is 0.00676. The van der Waals surface area contributed by atoms with E-state index in [0.717, 1.165) is 25.5 Å². The molecule has 4 unspecified atom stereocenters. The van der Waals surface area contributed by atoms with Gasteiger partial charge in [-0.15, -0.1) is 0 Å². The van der Waals surface area contributed by atoms with Crippen molar-refractivity contribution in [2.45, 2.75) is 175 Å². The van der Waals surface area contributed by atoms with Crippen LogP contribution in [0.4, 0.5) is 0 Å². The first-order valence-electron chi connectivity index (χ1n) is 22.8. The fourth-order valence-corrected chi connectivity index (χ4v) is 42.8. The summed E-state index contributed by atoms with van der Waals surface area (Å²) in [5, 5.41) is 20.0. The summed E-state index contributed by atoms with van der Waals surface area (Å²) in [5.41, 5.74) is 0. The molecule has 364 valence electrons. The van der Waals surface area contributed by atoms with Crippen molar-refractivity contribution in [3.8, 4) is 0 Å². The van der Waals surface area contributed by atoms with Crippen LogP contribution in [-0.4, -0.2) is 152 Å². The number of aliphatic hydroxyl groups is 2. The Labute approximate surface area is 390 Å². The molecular weight excluding hydrogens is 957 g/mol. The molecule has 0 aliphatic rings. The van der Waals surface area contributed by atoms with Crippen LogP contribution in [0.5, 0.6) is 0 Å². The molecule has 0 aromatic heterocycles. The van der Waals surface area contributed by atoms with Gasteiger partial charge in [-0.05, 0) is 149 Å². The second-order valence-corrected chi connectivity index (χ2v) is 53.9. The molecule has 0 amide bonds. The number of hydrogen-bond donors (Lipinski definition) is 2. The number of benzene rings is 1. The van der Waals surface area contributed by atoms with E-state index < -0.39 is 103 Å². The maximum Gasteiger partial charge on any atom is 0.350 e. The molecule has 0 fully saturated rings. The minimum absolute atomic E-state index is 0.0477. The average molecular weight is 1050 g/mol. The molecule has 2 N–H and O–H groups in total. The highest BCUT2D eigenvalue weighted by atomic mass is 28.5. The zero-order chi connectivity index (χ0) is 47.7. The van der Waals surface area contributed by atoms with Crippen molar-refractivity contribution in [2.24, 2.45) is 0 Å². The number of aliphatic hydroxyl groups excluding tert-OH is 2. The minimum Gasteiger partial charge on any atom is -0.442 e. The summed E-state index contributed by atoms with van der Waals surface area (Å²) in [7, 11) is -16.7. The van der Waals surface area contributed by atoms with Gasteiger partial charge in [-0.3, -0.25) is 0 Å². The zero-order valence-corrected chi connectivity index (χ0v) is 54.8. The normalized spacial score (nSPS) is 15.4. The second kappa shape index (κ2) is 32.8. The van der Waals surface area contributed by atoms with Gasteiger partial charge in [0.15, 0.2) is 44.5 Å². The molecule has 0 radical (unpaired) electrons. The minimum atomic E-state index is -2.37. The van der Waals surface area contributed by atoms with E-state index in [0.29, 0.717) is 19.8 Å². The predicted molar refractivity (Wildman–Crippen MR) is 287 cm³/mol. The van der Waals surface area contributed by atoms with Crippen LogP contribution in [0.25, 0.3) is 0 Å². The molecule has 61 heavy (non-hydrogen) atoms. The van der Waals surface area contributed by atoms with Gasteiger partial charge in [-0.1, -0.05) is 49.5 Å². The summed E-state index contributed by atoms with van der Waals surface area (Å²) in [6, 6.07) is 12.7. The van der Waals surface area contributed by atoms with E-state index in [1.807, 2.05) is 19.2 Å². The Balaban J connectivity index is 0. The van der Waals surface area contributed by atoms with Crippen LogP contribution in [0.2, 0.25) is 143 Å². The molecule has 0 heterocycles. The Morgan fingerprint density at radius 2 is 1.10 bits per heavy atom. The van der Waals surface area contributed by atoms with Gasteiger partial charge in [-0.2, -0.15) is 0 Å². The van der Waals surface area contributed by atoms with E-state index in [1.165, 1.54) is 11.2 Å². The smallest absolute Gasteiger partial charge is 0.350 e. The average Bonchev–Trinajstić information content (AvgIpc) is 3.05. The highest BCUT2D eigenvalue weighted by Crippen LogP contribution is 2.23. The summed E-state index contributed by atoms with van der Waals surface area (Å²) in [6.07, 6.45) is 1.27. The van der Waals surface area contributed by atoms with Gasteiger partial charge in [0.25, 0.3) is 9.28 Å². The lowest BCUT2D eigenvalue weighted by Gasteiger charge is -2.37. The summed E-state index contributed by atoms with van der Waals surface area (Å²) in [6.45, 7) is 47.3. The molecule has 0 aliphatic heterocycles.